The molecule has 7 heteroatoms. The molecular formula is C22H33N5O2. The molecule has 0 bridgehead atoms. The lowest BCUT2D eigenvalue weighted by Crippen LogP contribution is -2.20. The van der Waals surface area contributed by atoms with Crippen LogP contribution in [0.25, 0.3) is 0 Å². The highest BCUT2D eigenvalue weighted by molar-refractivity contribution is 5.72. The first-order chi connectivity index (χ1) is 13.9. The predicted octanol–water partition coefficient (Wildman–Crippen LogP) is 3.16. The summed E-state index contributed by atoms with van der Waals surface area (Å²) in [5, 5.41) is 3.41. The first kappa shape index (κ1) is 22.6. The van der Waals surface area contributed by atoms with Crippen LogP contribution in [-0.4, -0.2) is 48.2 Å². The fourth-order valence-corrected chi connectivity index (χ4v) is 2.96. The Kier molecular flexibility index (Phi) is 8.86. The lowest BCUT2D eigenvalue weighted by molar-refractivity contribution is -0.146. The van der Waals surface area contributed by atoms with Gasteiger partial charge in [-0.2, -0.15) is 4.98 Å². The number of nitrogens with zero attached hydrogens (tertiary/aromatic N) is 3. The minimum atomic E-state index is -0.229. The predicted molar refractivity (Wildman–Crippen MR) is 117 cm³/mol. The number of rotatable bonds is 11. The van der Waals surface area contributed by atoms with E-state index >= 15 is 0 Å². The molecule has 29 heavy (non-hydrogen) atoms. The van der Waals surface area contributed by atoms with Crippen molar-refractivity contribution < 1.29 is 9.53 Å². The van der Waals surface area contributed by atoms with Crippen LogP contribution in [0.1, 0.15) is 48.6 Å². The number of carbonyl (C=O) groups is 1. The van der Waals surface area contributed by atoms with Gasteiger partial charge in [-0.05, 0) is 38.6 Å². The van der Waals surface area contributed by atoms with Crippen molar-refractivity contribution in [3.05, 3.63) is 46.6 Å². The molecule has 0 aliphatic heterocycles. The average molecular weight is 400 g/mol. The zero-order valence-corrected chi connectivity index (χ0v) is 18.0. The third kappa shape index (κ3) is 7.69. The molecule has 0 fully saturated rings. The van der Waals surface area contributed by atoms with Gasteiger partial charge in [-0.1, -0.05) is 44.0 Å². The molecule has 1 aromatic carbocycles. The number of aromatic nitrogens is 2. The van der Waals surface area contributed by atoms with E-state index in [0.29, 0.717) is 13.2 Å². The van der Waals surface area contributed by atoms with Crippen LogP contribution >= 0.6 is 0 Å². The largest absolute Gasteiger partial charge is 0.449 e. The van der Waals surface area contributed by atoms with E-state index in [1.165, 1.54) is 12.8 Å². The molecule has 0 spiro atoms. The average Bonchev–Trinajstić information content (AvgIpc) is 2.67. The van der Waals surface area contributed by atoms with Crippen molar-refractivity contribution in [2.24, 2.45) is 0 Å². The molecule has 2 aromatic rings. The lowest BCUT2D eigenvalue weighted by atomic mass is 10.0. The maximum absolute atomic E-state index is 11.9. The van der Waals surface area contributed by atoms with Crippen molar-refractivity contribution in [3.63, 3.8) is 0 Å². The highest BCUT2D eigenvalue weighted by atomic mass is 16.5. The molecule has 1 heterocycles. The van der Waals surface area contributed by atoms with E-state index in [1.807, 2.05) is 50.2 Å². The van der Waals surface area contributed by atoms with Crippen molar-refractivity contribution in [1.29, 1.82) is 0 Å². The molecule has 0 saturated heterocycles. The topological polar surface area (TPSA) is 93.4 Å². The van der Waals surface area contributed by atoms with Gasteiger partial charge in [-0.15, -0.1) is 0 Å². The number of ether oxygens (including phenoxy) is 1. The number of hydrogen-bond donors (Lipinski definition) is 2. The van der Waals surface area contributed by atoms with Gasteiger partial charge in [-0.25, -0.2) is 4.98 Å². The fourth-order valence-electron chi connectivity index (χ4n) is 2.96. The Morgan fingerprint density at radius 3 is 2.48 bits per heavy atom. The van der Waals surface area contributed by atoms with Crippen molar-refractivity contribution in [2.45, 2.75) is 46.0 Å². The molecule has 2 rings (SSSR count). The first-order valence-electron chi connectivity index (χ1n) is 10.1. The minimum Gasteiger partial charge on any atom is -0.449 e. The second-order valence-electron chi connectivity index (χ2n) is 7.52. The van der Waals surface area contributed by atoms with Crippen molar-refractivity contribution in [1.82, 2.24) is 14.9 Å². The van der Waals surface area contributed by atoms with Gasteiger partial charge >= 0.3 is 5.97 Å². The summed E-state index contributed by atoms with van der Waals surface area (Å²) in [7, 11) is 3.72. The first-order valence-corrected chi connectivity index (χ1v) is 10.1. The van der Waals surface area contributed by atoms with Gasteiger partial charge < -0.3 is 15.8 Å². The van der Waals surface area contributed by atoms with Gasteiger partial charge in [0.1, 0.15) is 12.5 Å². The molecule has 3 N–H and O–H groups in total. The van der Waals surface area contributed by atoms with E-state index in [0.717, 1.165) is 41.2 Å². The van der Waals surface area contributed by atoms with Crippen LogP contribution in [0.3, 0.4) is 0 Å². The van der Waals surface area contributed by atoms with Gasteiger partial charge in [0.2, 0.25) is 5.95 Å². The zero-order valence-electron chi connectivity index (χ0n) is 18.0. The summed E-state index contributed by atoms with van der Waals surface area (Å²) in [6.45, 7) is 5.30. The van der Waals surface area contributed by atoms with Crippen LogP contribution in [0.4, 0.5) is 11.8 Å². The third-order valence-electron chi connectivity index (χ3n) is 4.54. The van der Waals surface area contributed by atoms with E-state index in [4.69, 9.17) is 10.5 Å². The number of anilines is 2. The maximum atomic E-state index is 11.9. The van der Waals surface area contributed by atoms with E-state index in [1.54, 1.807) is 0 Å². The normalized spacial score (nSPS) is 10.9. The SMILES string of the molecule is CCCCCNc1nc(N)nc(C)c1Cc1ccc(CC(=O)OCN(C)C)cc1. The Morgan fingerprint density at radius 1 is 1.14 bits per heavy atom. The lowest BCUT2D eigenvalue weighted by Gasteiger charge is -2.14. The Hall–Kier alpha value is -2.67. The molecule has 0 saturated carbocycles. The minimum absolute atomic E-state index is 0.229. The van der Waals surface area contributed by atoms with Gasteiger partial charge in [0.05, 0.1) is 6.42 Å². The summed E-state index contributed by atoms with van der Waals surface area (Å²) >= 11 is 0. The number of esters is 1. The number of nitrogen functional groups attached to an aromatic ring is 1. The van der Waals surface area contributed by atoms with Crippen molar-refractivity contribution in [2.75, 3.05) is 38.4 Å². The van der Waals surface area contributed by atoms with Crippen molar-refractivity contribution >= 4 is 17.7 Å². The molecule has 1 aromatic heterocycles. The standard InChI is InChI=1S/C22H33N5O2/c1-5-6-7-12-24-21-19(16(2)25-22(23)26-21)13-17-8-10-18(11-9-17)14-20(28)29-15-27(3)4/h8-11H,5-7,12-15H2,1-4H3,(H3,23,24,25,26). The Balaban J connectivity index is 2.04. The summed E-state index contributed by atoms with van der Waals surface area (Å²) in [5.74, 6) is 0.867. The highest BCUT2D eigenvalue weighted by Gasteiger charge is 2.12. The molecule has 0 amide bonds. The molecule has 158 valence electrons. The van der Waals surface area contributed by atoms with Gasteiger partial charge in [0.15, 0.2) is 0 Å². The van der Waals surface area contributed by atoms with Gasteiger partial charge in [0, 0.05) is 24.2 Å². The maximum Gasteiger partial charge on any atom is 0.311 e. The van der Waals surface area contributed by atoms with E-state index in [9.17, 15) is 4.79 Å². The number of nitrogens with two attached hydrogens (primary N) is 1. The molecular weight excluding hydrogens is 366 g/mol. The highest BCUT2D eigenvalue weighted by Crippen LogP contribution is 2.22. The second kappa shape index (κ2) is 11.4. The van der Waals surface area contributed by atoms with Crippen LogP contribution in [0.2, 0.25) is 0 Å². The summed E-state index contributed by atoms with van der Waals surface area (Å²) < 4.78 is 5.18. The number of hydrogen-bond acceptors (Lipinski definition) is 7. The molecule has 0 aliphatic rings. The van der Waals surface area contributed by atoms with Gasteiger partial charge in [0.25, 0.3) is 0 Å². The molecule has 0 unspecified atom stereocenters. The van der Waals surface area contributed by atoms with Crippen LogP contribution in [-0.2, 0) is 22.4 Å². The van der Waals surface area contributed by atoms with E-state index in [-0.39, 0.29) is 18.3 Å². The summed E-state index contributed by atoms with van der Waals surface area (Å²) in [4.78, 5) is 22.4. The molecule has 7 nitrogen and oxygen atoms in total. The van der Waals surface area contributed by atoms with Crippen LogP contribution < -0.4 is 11.1 Å². The molecule has 0 radical (unpaired) electrons. The zero-order chi connectivity index (χ0) is 21.2. The number of nitrogens with one attached hydrogen (secondary N) is 1. The summed E-state index contributed by atoms with van der Waals surface area (Å²) in [6.07, 6.45) is 4.42. The van der Waals surface area contributed by atoms with Crippen LogP contribution in [0.5, 0.6) is 0 Å². The third-order valence-corrected chi connectivity index (χ3v) is 4.54. The number of carbonyl (C=O) groups excluding carboxylic acids is 1. The fraction of sp³-hybridized carbons (Fsp3) is 0.500. The monoisotopic (exact) mass is 399 g/mol. The van der Waals surface area contributed by atoms with E-state index in [2.05, 4.69) is 22.2 Å². The molecule has 0 atom stereocenters. The van der Waals surface area contributed by atoms with Crippen molar-refractivity contribution in [3.8, 4) is 0 Å². The van der Waals surface area contributed by atoms with E-state index < -0.39 is 0 Å². The number of aryl methyl sites for hydroxylation is 1. The Morgan fingerprint density at radius 2 is 1.83 bits per heavy atom. The quantitative estimate of drug-likeness (QED) is 0.340. The Labute approximate surface area is 173 Å². The number of benzene rings is 1. The summed E-state index contributed by atoms with van der Waals surface area (Å²) in [6, 6.07) is 8.00. The molecule has 0 aliphatic carbocycles. The Bertz CT molecular complexity index is 791. The smallest absolute Gasteiger partial charge is 0.311 e. The summed E-state index contributed by atoms with van der Waals surface area (Å²) in [5.41, 5.74) is 9.84. The van der Waals surface area contributed by atoms with Crippen LogP contribution in [0.15, 0.2) is 24.3 Å². The number of unbranched alkanes of at least 4 members (excludes halogenated alkanes) is 2. The second-order valence-corrected chi connectivity index (χ2v) is 7.52. The van der Waals surface area contributed by atoms with Crippen LogP contribution in [0, 0.1) is 6.92 Å². The van der Waals surface area contributed by atoms with Gasteiger partial charge in [-0.3, -0.25) is 9.69 Å².